The van der Waals surface area contributed by atoms with E-state index >= 15 is 0 Å². The molecule has 0 N–H and O–H groups in total. The molecule has 1 atom stereocenters. The molecule has 1 aliphatic heterocycles. The summed E-state index contributed by atoms with van der Waals surface area (Å²) in [5, 5.41) is -0.501. The molecule has 0 aliphatic carbocycles. The predicted molar refractivity (Wildman–Crippen MR) is 98.4 cm³/mol. The highest BCUT2D eigenvalue weighted by atomic mass is 32.2. The molecule has 0 saturated carbocycles. The standard InChI is InChI=1S/C19H17F4NO4S/c1-26-14-7-12(20)8-15(27-2)17(14)18-24(16(25)10-29-18)9-11-3-5-13(6-4-11)28-19(21,22)23/h3-8,18H,9-10H2,1-2H3. The lowest BCUT2D eigenvalue weighted by Crippen LogP contribution is -2.28. The van der Waals surface area contributed by atoms with Crippen molar-refractivity contribution in [3.63, 3.8) is 0 Å². The third kappa shape index (κ3) is 4.87. The van der Waals surface area contributed by atoms with Gasteiger partial charge in [0.05, 0.1) is 25.5 Å². The lowest BCUT2D eigenvalue weighted by atomic mass is 10.1. The Morgan fingerprint density at radius 1 is 1.10 bits per heavy atom. The molecule has 1 amide bonds. The zero-order valence-electron chi connectivity index (χ0n) is 15.5. The molecule has 1 heterocycles. The van der Waals surface area contributed by atoms with Crippen molar-refractivity contribution in [2.45, 2.75) is 18.3 Å². The quantitative estimate of drug-likeness (QED) is 0.630. The van der Waals surface area contributed by atoms with E-state index in [0.29, 0.717) is 11.1 Å². The van der Waals surface area contributed by atoms with Crippen molar-refractivity contribution < 1.29 is 36.6 Å². The molecular weight excluding hydrogens is 414 g/mol. The van der Waals surface area contributed by atoms with E-state index in [9.17, 15) is 22.4 Å². The summed E-state index contributed by atoms with van der Waals surface area (Å²) >= 11 is 1.33. The summed E-state index contributed by atoms with van der Waals surface area (Å²) < 4.78 is 65.1. The van der Waals surface area contributed by atoms with Crippen molar-refractivity contribution in [1.82, 2.24) is 4.90 Å². The van der Waals surface area contributed by atoms with Gasteiger partial charge in [0.1, 0.15) is 28.4 Å². The van der Waals surface area contributed by atoms with Gasteiger partial charge in [-0.3, -0.25) is 4.79 Å². The number of rotatable bonds is 6. The molecule has 156 valence electrons. The maximum atomic E-state index is 13.8. The summed E-state index contributed by atoms with van der Waals surface area (Å²) in [6, 6.07) is 7.70. The summed E-state index contributed by atoms with van der Waals surface area (Å²) in [6.07, 6.45) is -4.77. The number of amides is 1. The fraction of sp³-hybridized carbons (Fsp3) is 0.316. The third-order valence-corrected chi connectivity index (χ3v) is 5.45. The van der Waals surface area contributed by atoms with Gasteiger partial charge in [0.15, 0.2) is 0 Å². The first-order chi connectivity index (χ1) is 13.7. The Bertz CT molecular complexity index is 864. The maximum Gasteiger partial charge on any atom is 0.573 e. The largest absolute Gasteiger partial charge is 0.573 e. The number of carbonyl (C=O) groups excluding carboxylic acids is 1. The van der Waals surface area contributed by atoms with Crippen molar-refractivity contribution in [1.29, 1.82) is 0 Å². The van der Waals surface area contributed by atoms with Crippen LogP contribution in [0.4, 0.5) is 17.6 Å². The van der Waals surface area contributed by atoms with Gasteiger partial charge in [0, 0.05) is 18.7 Å². The lowest BCUT2D eigenvalue weighted by molar-refractivity contribution is -0.274. The molecule has 1 unspecified atom stereocenters. The van der Waals surface area contributed by atoms with Crippen LogP contribution in [0.3, 0.4) is 0 Å². The molecule has 5 nitrogen and oxygen atoms in total. The first-order valence-corrected chi connectivity index (χ1v) is 9.44. The van der Waals surface area contributed by atoms with Crippen LogP contribution in [-0.2, 0) is 11.3 Å². The number of ether oxygens (including phenoxy) is 3. The number of carbonyl (C=O) groups is 1. The molecule has 10 heteroatoms. The van der Waals surface area contributed by atoms with Crippen LogP contribution in [0, 0.1) is 5.82 Å². The van der Waals surface area contributed by atoms with Crippen molar-refractivity contribution >= 4 is 17.7 Å². The zero-order chi connectivity index (χ0) is 21.2. The van der Waals surface area contributed by atoms with Crippen LogP contribution >= 0.6 is 11.8 Å². The Hall–Kier alpha value is -2.62. The van der Waals surface area contributed by atoms with Crippen LogP contribution in [-0.4, -0.2) is 37.1 Å². The van der Waals surface area contributed by atoms with E-state index in [0.717, 1.165) is 0 Å². The first-order valence-electron chi connectivity index (χ1n) is 8.39. The summed E-state index contributed by atoms with van der Waals surface area (Å²) in [7, 11) is 2.78. The van der Waals surface area contributed by atoms with Crippen molar-refractivity contribution in [3.05, 3.63) is 53.3 Å². The van der Waals surface area contributed by atoms with E-state index < -0.39 is 17.6 Å². The van der Waals surface area contributed by atoms with Crippen LogP contribution in [0.15, 0.2) is 36.4 Å². The Labute approximate surface area is 168 Å². The monoisotopic (exact) mass is 431 g/mol. The highest BCUT2D eigenvalue weighted by Gasteiger charge is 2.37. The second kappa shape index (κ2) is 8.40. The average Bonchev–Trinajstić information content (AvgIpc) is 3.01. The minimum absolute atomic E-state index is 0.145. The van der Waals surface area contributed by atoms with Gasteiger partial charge in [-0.05, 0) is 17.7 Å². The molecule has 0 bridgehead atoms. The van der Waals surface area contributed by atoms with Crippen LogP contribution in [0.2, 0.25) is 0 Å². The highest BCUT2D eigenvalue weighted by Crippen LogP contribution is 2.47. The molecule has 1 aliphatic rings. The number of nitrogens with zero attached hydrogens (tertiary/aromatic N) is 1. The number of benzene rings is 2. The van der Waals surface area contributed by atoms with Gasteiger partial charge in [-0.25, -0.2) is 4.39 Å². The van der Waals surface area contributed by atoms with Crippen molar-refractivity contribution in [2.24, 2.45) is 0 Å². The molecular formula is C19H17F4NO4S. The predicted octanol–water partition coefficient (Wildman–Crippen LogP) is 4.52. The van der Waals surface area contributed by atoms with Crippen LogP contribution in [0.25, 0.3) is 0 Å². The summed E-state index contributed by atoms with van der Waals surface area (Å²) in [6.45, 7) is 0.145. The van der Waals surface area contributed by atoms with E-state index in [1.165, 1.54) is 62.4 Å². The normalized spacial score (nSPS) is 16.8. The van der Waals surface area contributed by atoms with E-state index in [2.05, 4.69) is 4.74 Å². The Balaban J connectivity index is 1.87. The first kappa shape index (κ1) is 21.1. The van der Waals surface area contributed by atoms with Crippen molar-refractivity contribution in [2.75, 3.05) is 20.0 Å². The summed E-state index contributed by atoms with van der Waals surface area (Å²) in [5.41, 5.74) is 1.13. The highest BCUT2D eigenvalue weighted by molar-refractivity contribution is 8.00. The number of halogens is 4. The van der Waals surface area contributed by atoms with Gasteiger partial charge in [0.25, 0.3) is 0 Å². The Morgan fingerprint density at radius 2 is 1.69 bits per heavy atom. The fourth-order valence-electron chi connectivity index (χ4n) is 3.01. The zero-order valence-corrected chi connectivity index (χ0v) is 16.3. The molecule has 0 spiro atoms. The molecule has 29 heavy (non-hydrogen) atoms. The molecule has 2 aromatic rings. The number of methoxy groups -OCH3 is 2. The van der Waals surface area contributed by atoms with Gasteiger partial charge < -0.3 is 19.1 Å². The minimum Gasteiger partial charge on any atom is -0.496 e. The van der Waals surface area contributed by atoms with E-state index in [1.807, 2.05) is 0 Å². The van der Waals surface area contributed by atoms with Crippen LogP contribution in [0.1, 0.15) is 16.5 Å². The second-order valence-corrected chi connectivity index (χ2v) is 7.17. The molecule has 2 aromatic carbocycles. The van der Waals surface area contributed by atoms with Crippen LogP contribution < -0.4 is 14.2 Å². The minimum atomic E-state index is -4.77. The fourth-order valence-corrected chi connectivity index (χ4v) is 4.24. The van der Waals surface area contributed by atoms with Gasteiger partial charge >= 0.3 is 6.36 Å². The summed E-state index contributed by atoms with van der Waals surface area (Å²) in [4.78, 5) is 14.0. The number of thioether (sulfide) groups is 1. The Kier molecular flexibility index (Phi) is 6.11. The van der Waals surface area contributed by atoms with Gasteiger partial charge in [-0.1, -0.05) is 12.1 Å². The number of hydrogen-bond donors (Lipinski definition) is 0. The Morgan fingerprint density at radius 3 is 2.21 bits per heavy atom. The molecule has 1 fully saturated rings. The third-order valence-electron chi connectivity index (χ3n) is 4.23. The molecule has 0 radical (unpaired) electrons. The van der Waals surface area contributed by atoms with Gasteiger partial charge in [-0.2, -0.15) is 0 Å². The van der Waals surface area contributed by atoms with E-state index in [-0.39, 0.29) is 35.5 Å². The molecule has 1 saturated heterocycles. The van der Waals surface area contributed by atoms with Gasteiger partial charge in [0.2, 0.25) is 5.91 Å². The molecule has 3 rings (SSSR count). The van der Waals surface area contributed by atoms with Crippen LogP contribution in [0.5, 0.6) is 17.2 Å². The summed E-state index contributed by atoms with van der Waals surface area (Å²) in [5.74, 6) is -0.362. The lowest BCUT2D eigenvalue weighted by Gasteiger charge is -2.27. The molecule has 0 aromatic heterocycles. The topological polar surface area (TPSA) is 48.0 Å². The SMILES string of the molecule is COc1cc(F)cc(OC)c1C1SCC(=O)N1Cc1ccc(OC(F)(F)F)cc1. The van der Waals surface area contributed by atoms with Crippen molar-refractivity contribution in [3.8, 4) is 17.2 Å². The average molecular weight is 431 g/mol. The van der Waals surface area contributed by atoms with E-state index in [4.69, 9.17) is 9.47 Å². The second-order valence-electron chi connectivity index (χ2n) is 6.10. The smallest absolute Gasteiger partial charge is 0.496 e. The van der Waals surface area contributed by atoms with Gasteiger partial charge in [-0.15, -0.1) is 24.9 Å². The number of hydrogen-bond acceptors (Lipinski definition) is 5. The maximum absolute atomic E-state index is 13.8. The van der Waals surface area contributed by atoms with E-state index in [1.54, 1.807) is 4.90 Å². The number of alkyl halides is 3.